The first kappa shape index (κ1) is 20.1. The van der Waals surface area contributed by atoms with Crippen LogP contribution in [0.4, 0.5) is 19.0 Å². The molecule has 0 amide bonds. The van der Waals surface area contributed by atoms with Gasteiger partial charge in [0, 0.05) is 6.20 Å². The van der Waals surface area contributed by atoms with E-state index < -0.39 is 61.8 Å². The Morgan fingerprint density at radius 1 is 1.38 bits per heavy atom. The van der Waals surface area contributed by atoms with Crippen LogP contribution in [0.3, 0.4) is 0 Å². The third-order valence-electron chi connectivity index (χ3n) is 3.58. The van der Waals surface area contributed by atoms with Gasteiger partial charge < -0.3 is 19.7 Å². The highest BCUT2D eigenvalue weighted by Gasteiger charge is 2.44. The van der Waals surface area contributed by atoms with Crippen molar-refractivity contribution in [2.75, 3.05) is 12.1 Å². The second-order valence-electron chi connectivity index (χ2n) is 5.46. The van der Waals surface area contributed by atoms with E-state index in [1.165, 1.54) is 6.07 Å². The van der Waals surface area contributed by atoms with E-state index in [1.807, 2.05) is 0 Å². The molecule has 10 nitrogen and oxygen atoms in total. The average Bonchev–Trinajstić information content (AvgIpc) is 2.85. The van der Waals surface area contributed by atoms with Gasteiger partial charge in [0.2, 0.25) is 0 Å². The standard InChI is InChI=1S/C13H16F3N3O7/c14-13(15,16)3-1-8(20)25-5-6-9(21)10(22)11(26-6)19-4-2-7(18-24)17-12(19)23/h2,4,6,9-11,21-22,24H,1,3,5H2,(H,17,18,23)/t6-,9-,10-,11-/m1/s1. The summed E-state index contributed by atoms with van der Waals surface area (Å²) in [5, 5.41) is 28.6. The Hall–Kier alpha value is -2.22. The fraction of sp³-hybridized carbons (Fsp3) is 0.615. The number of nitrogens with one attached hydrogen (secondary N) is 1. The molecule has 4 N–H and O–H groups in total. The van der Waals surface area contributed by atoms with E-state index in [0.717, 1.165) is 10.8 Å². The third kappa shape index (κ3) is 4.91. The molecule has 0 saturated carbocycles. The Balaban J connectivity index is 1.97. The number of aromatic nitrogens is 2. The number of anilines is 1. The van der Waals surface area contributed by atoms with Crippen LogP contribution in [0.1, 0.15) is 19.1 Å². The van der Waals surface area contributed by atoms with Crippen LogP contribution in [0.2, 0.25) is 0 Å². The summed E-state index contributed by atoms with van der Waals surface area (Å²) in [6, 6.07) is 1.19. The van der Waals surface area contributed by atoms with Crippen molar-refractivity contribution in [2.24, 2.45) is 0 Å². The lowest BCUT2D eigenvalue weighted by atomic mass is 10.1. The number of hydrogen-bond donors (Lipinski definition) is 4. The van der Waals surface area contributed by atoms with Gasteiger partial charge in [-0.2, -0.15) is 18.2 Å². The summed E-state index contributed by atoms with van der Waals surface area (Å²) in [4.78, 5) is 26.5. The summed E-state index contributed by atoms with van der Waals surface area (Å²) in [6.07, 6.45) is -11.4. The molecule has 1 saturated heterocycles. The van der Waals surface area contributed by atoms with E-state index in [4.69, 9.17) is 9.94 Å². The van der Waals surface area contributed by atoms with Crippen molar-refractivity contribution in [3.05, 3.63) is 22.7 Å². The molecular weight excluding hydrogens is 367 g/mol. The number of aliphatic hydroxyl groups is 2. The van der Waals surface area contributed by atoms with Crippen LogP contribution in [0.15, 0.2) is 17.1 Å². The maximum absolute atomic E-state index is 12.0. The van der Waals surface area contributed by atoms with Gasteiger partial charge in [-0.05, 0) is 6.07 Å². The normalized spacial score (nSPS) is 25.9. The van der Waals surface area contributed by atoms with Gasteiger partial charge in [0.15, 0.2) is 12.0 Å². The van der Waals surface area contributed by atoms with Crippen molar-refractivity contribution < 1.29 is 42.9 Å². The number of rotatable bonds is 6. The number of halogens is 3. The molecule has 4 atom stereocenters. The van der Waals surface area contributed by atoms with E-state index in [-0.39, 0.29) is 5.82 Å². The number of alkyl halides is 3. The molecule has 0 aliphatic carbocycles. The van der Waals surface area contributed by atoms with Crippen molar-refractivity contribution in [2.45, 2.75) is 43.6 Å². The molecule has 13 heteroatoms. The monoisotopic (exact) mass is 383 g/mol. The van der Waals surface area contributed by atoms with Crippen molar-refractivity contribution >= 4 is 11.8 Å². The Morgan fingerprint density at radius 3 is 2.65 bits per heavy atom. The van der Waals surface area contributed by atoms with Crippen LogP contribution >= 0.6 is 0 Å². The molecule has 1 aromatic rings. The molecule has 1 aliphatic rings. The second-order valence-corrected chi connectivity index (χ2v) is 5.46. The van der Waals surface area contributed by atoms with E-state index in [9.17, 15) is 33.0 Å². The highest BCUT2D eigenvalue weighted by molar-refractivity contribution is 5.69. The molecule has 1 aromatic heterocycles. The smallest absolute Gasteiger partial charge is 0.389 e. The number of carbonyl (C=O) groups is 1. The Morgan fingerprint density at radius 2 is 2.08 bits per heavy atom. The first-order chi connectivity index (χ1) is 12.1. The number of nitrogens with zero attached hydrogens (tertiary/aromatic N) is 2. The van der Waals surface area contributed by atoms with Gasteiger partial charge in [-0.3, -0.25) is 20.0 Å². The molecule has 1 fully saturated rings. The first-order valence-electron chi connectivity index (χ1n) is 7.35. The highest BCUT2D eigenvalue weighted by atomic mass is 19.4. The number of esters is 1. The maximum Gasteiger partial charge on any atom is 0.389 e. The zero-order chi connectivity index (χ0) is 19.5. The molecule has 2 rings (SSSR count). The van der Waals surface area contributed by atoms with Crippen LogP contribution < -0.4 is 11.2 Å². The third-order valence-corrected chi connectivity index (χ3v) is 3.58. The Bertz CT molecular complexity index is 696. The fourth-order valence-electron chi connectivity index (χ4n) is 2.26. The largest absolute Gasteiger partial charge is 0.463 e. The summed E-state index contributed by atoms with van der Waals surface area (Å²) in [5.74, 6) is -1.30. The lowest BCUT2D eigenvalue weighted by molar-refractivity contribution is -0.161. The quantitative estimate of drug-likeness (QED) is 0.379. The fourth-order valence-corrected chi connectivity index (χ4v) is 2.26. The van der Waals surface area contributed by atoms with Crippen LogP contribution in [0, 0.1) is 0 Å². The van der Waals surface area contributed by atoms with Crippen molar-refractivity contribution in [3.63, 3.8) is 0 Å². The van der Waals surface area contributed by atoms with Crippen LogP contribution in [-0.2, 0) is 14.3 Å². The van der Waals surface area contributed by atoms with Crippen LogP contribution in [0.5, 0.6) is 0 Å². The Kier molecular flexibility index (Phi) is 6.17. The summed E-state index contributed by atoms with van der Waals surface area (Å²) >= 11 is 0. The number of aliphatic hydroxyl groups excluding tert-OH is 2. The van der Waals surface area contributed by atoms with E-state index in [2.05, 4.69) is 9.72 Å². The number of carbonyl (C=O) groups excluding carboxylic acids is 1. The van der Waals surface area contributed by atoms with E-state index in [0.29, 0.717) is 0 Å². The average molecular weight is 383 g/mol. The van der Waals surface area contributed by atoms with Gasteiger partial charge in [0.25, 0.3) is 0 Å². The van der Waals surface area contributed by atoms with Crippen molar-refractivity contribution in [1.82, 2.24) is 9.55 Å². The molecule has 0 radical (unpaired) electrons. The topological polar surface area (TPSA) is 143 Å². The van der Waals surface area contributed by atoms with E-state index >= 15 is 0 Å². The highest BCUT2D eigenvalue weighted by Crippen LogP contribution is 2.29. The summed E-state index contributed by atoms with van der Waals surface area (Å²) in [6.45, 7) is -0.607. The molecule has 1 aliphatic heterocycles. The zero-order valence-corrected chi connectivity index (χ0v) is 13.1. The van der Waals surface area contributed by atoms with Gasteiger partial charge in [-0.25, -0.2) is 4.79 Å². The lowest BCUT2D eigenvalue weighted by Crippen LogP contribution is -2.36. The van der Waals surface area contributed by atoms with Gasteiger partial charge >= 0.3 is 17.8 Å². The molecule has 146 valence electrons. The minimum absolute atomic E-state index is 0.158. The Labute approximate surface area is 143 Å². The molecular formula is C13H16F3N3O7. The predicted molar refractivity (Wildman–Crippen MR) is 76.1 cm³/mol. The lowest BCUT2D eigenvalue weighted by Gasteiger charge is -2.17. The summed E-state index contributed by atoms with van der Waals surface area (Å²) in [7, 11) is 0. The van der Waals surface area contributed by atoms with Crippen molar-refractivity contribution in [1.29, 1.82) is 0 Å². The minimum Gasteiger partial charge on any atom is -0.463 e. The van der Waals surface area contributed by atoms with Gasteiger partial charge in [0.05, 0.1) is 12.8 Å². The van der Waals surface area contributed by atoms with Crippen molar-refractivity contribution in [3.8, 4) is 0 Å². The van der Waals surface area contributed by atoms with E-state index in [1.54, 1.807) is 5.48 Å². The zero-order valence-electron chi connectivity index (χ0n) is 13.1. The predicted octanol–water partition coefficient (Wildman–Crippen LogP) is -0.451. The number of ether oxygens (including phenoxy) is 2. The maximum atomic E-state index is 12.0. The van der Waals surface area contributed by atoms with Gasteiger partial charge in [-0.1, -0.05) is 0 Å². The minimum atomic E-state index is -4.51. The molecule has 0 unspecified atom stereocenters. The molecule has 26 heavy (non-hydrogen) atoms. The second kappa shape index (κ2) is 7.99. The summed E-state index contributed by atoms with van der Waals surface area (Å²) in [5.41, 5.74) is 0.741. The van der Waals surface area contributed by atoms with Crippen LogP contribution in [0.25, 0.3) is 0 Å². The molecule has 0 spiro atoms. The van der Waals surface area contributed by atoms with Gasteiger partial charge in [0.1, 0.15) is 24.9 Å². The molecule has 0 aromatic carbocycles. The molecule has 2 heterocycles. The first-order valence-corrected chi connectivity index (χ1v) is 7.35. The summed E-state index contributed by atoms with van der Waals surface area (Å²) < 4.78 is 46.8. The van der Waals surface area contributed by atoms with Crippen LogP contribution in [-0.4, -0.2) is 62.0 Å². The van der Waals surface area contributed by atoms with Gasteiger partial charge in [-0.15, -0.1) is 0 Å². The molecule has 0 bridgehead atoms. The SMILES string of the molecule is O=C(CCC(F)(F)F)OC[C@H]1O[C@@H](n2ccc(NO)nc2=O)[C@H](O)[C@@H]1O. The number of hydrogen-bond acceptors (Lipinski definition) is 9.